The largest absolute Gasteiger partial charge is 0.480 e. The standard InChI is InChI=1S/C31H33N7O3/c1-2-3-4-8-15-28(30(39)33-26(31(40)41)18-21-11-6-5-7-12-21)38-20-32-25-19-22(16-17-27(25)38)23-13-9-10-14-24(23)29-34-36-37-35-29/h5-7,9-14,16-17,19-20,26,28H,2-4,8,15,18H2,1H3,(H,33,39)(H,40,41)(H,34,35,36,37)/t26-,28?/m0/s1. The van der Waals surface area contributed by atoms with Gasteiger partial charge >= 0.3 is 5.97 Å². The van der Waals surface area contributed by atoms with Gasteiger partial charge in [0.15, 0.2) is 0 Å². The molecule has 1 unspecified atom stereocenters. The molecule has 10 nitrogen and oxygen atoms in total. The lowest BCUT2D eigenvalue weighted by Crippen LogP contribution is -2.45. The van der Waals surface area contributed by atoms with Crippen molar-refractivity contribution in [2.24, 2.45) is 0 Å². The molecule has 210 valence electrons. The summed E-state index contributed by atoms with van der Waals surface area (Å²) in [5.74, 6) is -0.887. The molecule has 0 bridgehead atoms. The number of carboxylic acid groups (broad SMARTS) is 1. The molecule has 10 heteroatoms. The molecule has 0 spiro atoms. The Hall–Kier alpha value is -4.86. The number of aliphatic carboxylic acids is 1. The Bertz CT molecular complexity index is 1600. The third kappa shape index (κ3) is 6.49. The number of fused-ring (bicyclic) bond motifs is 1. The topological polar surface area (TPSA) is 139 Å². The van der Waals surface area contributed by atoms with Crippen molar-refractivity contribution in [3.8, 4) is 22.5 Å². The number of hydrogen-bond acceptors (Lipinski definition) is 6. The molecule has 2 atom stereocenters. The summed E-state index contributed by atoms with van der Waals surface area (Å²) in [6.45, 7) is 2.14. The van der Waals surface area contributed by atoms with Gasteiger partial charge in [-0.3, -0.25) is 4.79 Å². The van der Waals surface area contributed by atoms with E-state index in [4.69, 9.17) is 0 Å². The molecule has 0 fully saturated rings. The van der Waals surface area contributed by atoms with Crippen LogP contribution in [-0.4, -0.2) is 53.2 Å². The zero-order valence-electron chi connectivity index (χ0n) is 22.9. The van der Waals surface area contributed by atoms with E-state index in [9.17, 15) is 14.7 Å². The van der Waals surface area contributed by atoms with Gasteiger partial charge < -0.3 is 15.0 Å². The first-order valence-corrected chi connectivity index (χ1v) is 13.9. The maximum Gasteiger partial charge on any atom is 0.326 e. The summed E-state index contributed by atoms with van der Waals surface area (Å²) in [5.41, 5.74) is 5.09. The van der Waals surface area contributed by atoms with Gasteiger partial charge in [-0.05, 0) is 40.5 Å². The maximum atomic E-state index is 13.7. The molecular formula is C31H33N7O3. The van der Waals surface area contributed by atoms with Gasteiger partial charge in [0.25, 0.3) is 0 Å². The minimum absolute atomic E-state index is 0.207. The number of amides is 1. The van der Waals surface area contributed by atoms with Crippen LogP contribution in [0.5, 0.6) is 0 Å². The fourth-order valence-corrected chi connectivity index (χ4v) is 5.13. The van der Waals surface area contributed by atoms with Crippen LogP contribution >= 0.6 is 0 Å². The Kier molecular flexibility index (Phi) is 8.78. The smallest absolute Gasteiger partial charge is 0.326 e. The number of H-pyrrole nitrogens is 1. The highest BCUT2D eigenvalue weighted by molar-refractivity contribution is 5.90. The fourth-order valence-electron chi connectivity index (χ4n) is 5.13. The molecule has 2 aromatic heterocycles. The van der Waals surface area contributed by atoms with E-state index in [-0.39, 0.29) is 12.3 Å². The Balaban J connectivity index is 1.44. The van der Waals surface area contributed by atoms with Crippen molar-refractivity contribution in [2.75, 3.05) is 0 Å². The third-order valence-corrected chi connectivity index (χ3v) is 7.27. The first-order valence-electron chi connectivity index (χ1n) is 13.9. The lowest BCUT2D eigenvalue weighted by atomic mass is 9.98. The predicted molar refractivity (Wildman–Crippen MR) is 156 cm³/mol. The number of carbonyl (C=O) groups is 2. The van der Waals surface area contributed by atoms with Gasteiger partial charge in [0.1, 0.15) is 12.1 Å². The molecule has 3 N–H and O–H groups in total. The molecule has 3 aromatic carbocycles. The van der Waals surface area contributed by atoms with E-state index in [0.717, 1.165) is 59.0 Å². The second kappa shape index (κ2) is 13.0. The van der Waals surface area contributed by atoms with Gasteiger partial charge in [-0.25, -0.2) is 9.78 Å². The normalized spacial score (nSPS) is 12.7. The number of nitrogens with zero attached hydrogens (tertiary/aromatic N) is 5. The number of aromatic nitrogens is 6. The molecule has 0 aliphatic carbocycles. The average molecular weight is 552 g/mol. The molecule has 41 heavy (non-hydrogen) atoms. The molecule has 0 aliphatic heterocycles. The monoisotopic (exact) mass is 551 g/mol. The van der Waals surface area contributed by atoms with Gasteiger partial charge in [-0.1, -0.05) is 93.3 Å². The van der Waals surface area contributed by atoms with Crippen molar-refractivity contribution in [1.29, 1.82) is 0 Å². The molecule has 0 saturated carbocycles. The zero-order valence-corrected chi connectivity index (χ0v) is 22.9. The van der Waals surface area contributed by atoms with Crippen LogP contribution in [0.25, 0.3) is 33.5 Å². The number of rotatable bonds is 13. The number of aromatic amines is 1. The van der Waals surface area contributed by atoms with Crippen LogP contribution in [0.2, 0.25) is 0 Å². The van der Waals surface area contributed by atoms with E-state index in [1.54, 1.807) is 6.33 Å². The SMILES string of the molecule is CCCCCCC(C(=O)N[C@@H](Cc1ccccc1)C(=O)O)n1cnc2cc(-c3ccccc3-c3nn[nH]n3)ccc21. The molecule has 5 rings (SSSR count). The molecular weight excluding hydrogens is 518 g/mol. The second-order valence-electron chi connectivity index (χ2n) is 10.1. The predicted octanol–water partition coefficient (Wildman–Crippen LogP) is 5.21. The summed E-state index contributed by atoms with van der Waals surface area (Å²) in [6, 6.07) is 21.4. The zero-order chi connectivity index (χ0) is 28.6. The Morgan fingerprint density at radius 1 is 0.976 bits per heavy atom. The maximum absolute atomic E-state index is 13.7. The van der Waals surface area contributed by atoms with Crippen molar-refractivity contribution in [1.82, 2.24) is 35.5 Å². The molecule has 2 heterocycles. The number of benzene rings is 3. The quantitative estimate of drug-likeness (QED) is 0.171. The lowest BCUT2D eigenvalue weighted by molar-refractivity contribution is -0.142. The highest BCUT2D eigenvalue weighted by Crippen LogP contribution is 2.32. The van der Waals surface area contributed by atoms with Crippen molar-refractivity contribution in [3.05, 3.63) is 84.7 Å². The number of carboxylic acids is 1. The van der Waals surface area contributed by atoms with Crippen LogP contribution in [-0.2, 0) is 16.0 Å². The molecule has 1 amide bonds. The van der Waals surface area contributed by atoms with Gasteiger partial charge in [-0.2, -0.15) is 5.21 Å². The number of nitrogens with one attached hydrogen (secondary N) is 2. The number of hydrogen-bond donors (Lipinski definition) is 3. The second-order valence-corrected chi connectivity index (χ2v) is 10.1. The highest BCUT2D eigenvalue weighted by Gasteiger charge is 2.27. The van der Waals surface area contributed by atoms with Crippen molar-refractivity contribution >= 4 is 22.9 Å². The Morgan fingerprint density at radius 3 is 2.49 bits per heavy atom. The van der Waals surface area contributed by atoms with Crippen LogP contribution in [0.1, 0.15) is 50.6 Å². The Labute approximate surface area is 237 Å². The van der Waals surface area contributed by atoms with Crippen LogP contribution in [0.4, 0.5) is 0 Å². The van der Waals surface area contributed by atoms with Crippen LogP contribution in [0.3, 0.4) is 0 Å². The van der Waals surface area contributed by atoms with E-state index in [2.05, 4.69) is 37.8 Å². The average Bonchev–Trinajstić information content (AvgIpc) is 3.68. The first-order chi connectivity index (χ1) is 20.0. The number of imidazole rings is 1. The van der Waals surface area contributed by atoms with Crippen molar-refractivity contribution < 1.29 is 14.7 Å². The number of tetrazole rings is 1. The fraction of sp³-hybridized carbons (Fsp3) is 0.290. The summed E-state index contributed by atoms with van der Waals surface area (Å²) in [6.07, 6.45) is 6.46. The van der Waals surface area contributed by atoms with E-state index in [1.807, 2.05) is 77.4 Å². The van der Waals surface area contributed by atoms with E-state index >= 15 is 0 Å². The molecule has 0 saturated heterocycles. The minimum Gasteiger partial charge on any atom is -0.480 e. The first kappa shape index (κ1) is 27.7. The third-order valence-electron chi connectivity index (χ3n) is 7.27. The van der Waals surface area contributed by atoms with Gasteiger partial charge in [0.2, 0.25) is 11.7 Å². The lowest BCUT2D eigenvalue weighted by Gasteiger charge is -2.22. The van der Waals surface area contributed by atoms with Crippen molar-refractivity contribution in [3.63, 3.8) is 0 Å². The highest BCUT2D eigenvalue weighted by atomic mass is 16.4. The summed E-state index contributed by atoms with van der Waals surface area (Å²) in [5, 5.41) is 27.2. The molecule has 5 aromatic rings. The van der Waals surface area contributed by atoms with E-state index < -0.39 is 18.1 Å². The molecule has 0 radical (unpaired) electrons. The van der Waals surface area contributed by atoms with Crippen molar-refractivity contribution in [2.45, 2.75) is 57.5 Å². The summed E-state index contributed by atoms with van der Waals surface area (Å²) in [4.78, 5) is 30.4. The van der Waals surface area contributed by atoms with Crippen LogP contribution in [0, 0.1) is 0 Å². The van der Waals surface area contributed by atoms with Gasteiger partial charge in [0, 0.05) is 12.0 Å². The summed E-state index contributed by atoms with van der Waals surface area (Å²) < 4.78 is 1.87. The number of carbonyl (C=O) groups excluding carboxylic acids is 1. The number of unbranched alkanes of at least 4 members (excludes halogenated alkanes) is 3. The van der Waals surface area contributed by atoms with E-state index in [1.165, 1.54) is 0 Å². The van der Waals surface area contributed by atoms with Gasteiger partial charge in [-0.15, -0.1) is 10.2 Å². The summed E-state index contributed by atoms with van der Waals surface area (Å²) in [7, 11) is 0. The molecule has 0 aliphatic rings. The summed E-state index contributed by atoms with van der Waals surface area (Å²) >= 11 is 0. The van der Waals surface area contributed by atoms with Crippen LogP contribution < -0.4 is 5.32 Å². The Morgan fingerprint density at radius 2 is 1.76 bits per heavy atom. The minimum atomic E-state index is -1.06. The van der Waals surface area contributed by atoms with E-state index in [0.29, 0.717) is 12.2 Å². The van der Waals surface area contributed by atoms with Crippen LogP contribution in [0.15, 0.2) is 79.1 Å². The van der Waals surface area contributed by atoms with Gasteiger partial charge in [0.05, 0.1) is 17.4 Å².